The van der Waals surface area contributed by atoms with Crippen LogP contribution in [-0.4, -0.2) is 26.6 Å². The van der Waals surface area contributed by atoms with E-state index in [-0.39, 0.29) is 11.7 Å². The first kappa shape index (κ1) is 18.3. The first-order valence-corrected chi connectivity index (χ1v) is 10.7. The predicted molar refractivity (Wildman–Crippen MR) is 112 cm³/mol. The van der Waals surface area contributed by atoms with Gasteiger partial charge in [-0.1, -0.05) is 42.5 Å². The van der Waals surface area contributed by atoms with Crippen molar-refractivity contribution in [3.63, 3.8) is 0 Å². The van der Waals surface area contributed by atoms with E-state index in [0.717, 1.165) is 11.1 Å². The maximum atomic E-state index is 12.6. The monoisotopic (exact) mass is 392 g/mol. The third kappa shape index (κ3) is 3.77. The number of hydrogen-bond donors (Lipinski definition) is 1. The number of carbonyl (C=O) groups excluding carboxylic acids is 1. The van der Waals surface area contributed by atoms with Gasteiger partial charge >= 0.3 is 0 Å². The van der Waals surface area contributed by atoms with Crippen molar-refractivity contribution in [2.45, 2.75) is 6.42 Å². The van der Waals surface area contributed by atoms with Gasteiger partial charge in [-0.3, -0.25) is 9.10 Å². The van der Waals surface area contributed by atoms with Gasteiger partial charge in [-0.15, -0.1) is 0 Å². The van der Waals surface area contributed by atoms with Crippen LogP contribution in [-0.2, 0) is 10.0 Å². The second-order valence-corrected chi connectivity index (χ2v) is 8.70. The SMILES string of the molecule is O=C(Nc1ccc(N2CCCS2(=O)=O)cc1)c1cccc(-c2ccccc2)c1. The van der Waals surface area contributed by atoms with Crippen molar-refractivity contribution >= 4 is 27.3 Å². The molecule has 0 spiro atoms. The largest absolute Gasteiger partial charge is 0.322 e. The number of hydrogen-bond acceptors (Lipinski definition) is 3. The summed E-state index contributed by atoms with van der Waals surface area (Å²) < 4.78 is 25.4. The van der Waals surface area contributed by atoms with Gasteiger partial charge in [0.1, 0.15) is 0 Å². The molecule has 3 aromatic carbocycles. The zero-order valence-electron chi connectivity index (χ0n) is 15.2. The molecule has 28 heavy (non-hydrogen) atoms. The fourth-order valence-electron chi connectivity index (χ4n) is 3.31. The first-order chi connectivity index (χ1) is 13.5. The fourth-order valence-corrected chi connectivity index (χ4v) is 4.88. The molecule has 0 saturated carbocycles. The van der Waals surface area contributed by atoms with Crippen molar-refractivity contribution in [2.24, 2.45) is 0 Å². The lowest BCUT2D eigenvalue weighted by Crippen LogP contribution is -2.24. The molecule has 0 radical (unpaired) electrons. The molecule has 1 N–H and O–H groups in total. The molecule has 6 heteroatoms. The summed E-state index contributed by atoms with van der Waals surface area (Å²) in [6, 6.07) is 24.2. The van der Waals surface area contributed by atoms with E-state index in [9.17, 15) is 13.2 Å². The maximum absolute atomic E-state index is 12.6. The van der Waals surface area contributed by atoms with Gasteiger partial charge < -0.3 is 5.32 Å². The Kier molecular flexibility index (Phi) is 4.88. The van der Waals surface area contributed by atoms with Gasteiger partial charge in [0.15, 0.2) is 0 Å². The average Bonchev–Trinajstić information content (AvgIpc) is 3.08. The van der Waals surface area contributed by atoms with Crippen molar-refractivity contribution in [2.75, 3.05) is 21.9 Å². The molecule has 1 heterocycles. The highest BCUT2D eigenvalue weighted by Crippen LogP contribution is 2.26. The van der Waals surface area contributed by atoms with Crippen LogP contribution in [0.15, 0.2) is 78.9 Å². The van der Waals surface area contributed by atoms with E-state index in [2.05, 4.69) is 5.32 Å². The Hall–Kier alpha value is -3.12. The summed E-state index contributed by atoms with van der Waals surface area (Å²) in [5, 5.41) is 2.87. The zero-order chi connectivity index (χ0) is 19.6. The summed E-state index contributed by atoms with van der Waals surface area (Å²) in [5.74, 6) is -0.0252. The molecule has 1 fully saturated rings. The number of amides is 1. The molecule has 1 amide bonds. The molecule has 1 saturated heterocycles. The molecular formula is C22H20N2O3S. The molecule has 0 aromatic heterocycles. The van der Waals surface area contributed by atoms with Crippen LogP contribution in [0.4, 0.5) is 11.4 Å². The topological polar surface area (TPSA) is 66.5 Å². The minimum Gasteiger partial charge on any atom is -0.322 e. The van der Waals surface area contributed by atoms with Crippen molar-refractivity contribution in [3.05, 3.63) is 84.4 Å². The lowest BCUT2D eigenvalue weighted by Gasteiger charge is -2.17. The van der Waals surface area contributed by atoms with Crippen molar-refractivity contribution < 1.29 is 13.2 Å². The Labute approximate surface area is 164 Å². The minimum atomic E-state index is -3.20. The second kappa shape index (κ2) is 7.48. The summed E-state index contributed by atoms with van der Waals surface area (Å²) in [6.07, 6.45) is 0.637. The van der Waals surface area contributed by atoms with Crippen LogP contribution in [0, 0.1) is 0 Å². The van der Waals surface area contributed by atoms with Crippen LogP contribution in [0.25, 0.3) is 11.1 Å². The quantitative estimate of drug-likeness (QED) is 0.725. The van der Waals surface area contributed by atoms with Gasteiger partial charge in [-0.05, 0) is 53.9 Å². The van der Waals surface area contributed by atoms with Gasteiger partial charge in [0.05, 0.1) is 11.4 Å². The van der Waals surface area contributed by atoms with E-state index in [0.29, 0.717) is 29.9 Å². The highest BCUT2D eigenvalue weighted by Gasteiger charge is 2.28. The highest BCUT2D eigenvalue weighted by molar-refractivity contribution is 7.93. The number of nitrogens with one attached hydrogen (secondary N) is 1. The van der Waals surface area contributed by atoms with Crippen LogP contribution in [0.1, 0.15) is 16.8 Å². The first-order valence-electron chi connectivity index (χ1n) is 9.10. The Bertz CT molecular complexity index is 1090. The standard InChI is InChI=1S/C22H20N2O3S/c25-22(19-9-4-8-18(16-19)17-6-2-1-3-7-17)23-20-10-12-21(13-11-20)24-14-5-15-28(24,26)27/h1-4,6-13,16H,5,14-15H2,(H,23,25). The van der Waals surface area contributed by atoms with Gasteiger partial charge in [0, 0.05) is 17.8 Å². The van der Waals surface area contributed by atoms with Gasteiger partial charge in [-0.2, -0.15) is 0 Å². The molecule has 1 aliphatic rings. The molecule has 0 bridgehead atoms. The van der Waals surface area contributed by atoms with Crippen LogP contribution in [0.2, 0.25) is 0 Å². The number of anilines is 2. The van der Waals surface area contributed by atoms with E-state index in [1.165, 1.54) is 4.31 Å². The zero-order valence-corrected chi connectivity index (χ0v) is 16.0. The van der Waals surface area contributed by atoms with Gasteiger partial charge in [-0.25, -0.2) is 8.42 Å². The van der Waals surface area contributed by atoms with Gasteiger partial charge in [0.25, 0.3) is 5.91 Å². The van der Waals surface area contributed by atoms with Gasteiger partial charge in [0.2, 0.25) is 10.0 Å². The smallest absolute Gasteiger partial charge is 0.255 e. The van der Waals surface area contributed by atoms with E-state index in [1.54, 1.807) is 30.3 Å². The Morgan fingerprint density at radius 1 is 0.857 bits per heavy atom. The molecule has 3 aromatic rings. The Morgan fingerprint density at radius 3 is 2.25 bits per heavy atom. The summed E-state index contributed by atoms with van der Waals surface area (Å²) in [7, 11) is -3.20. The molecular weight excluding hydrogens is 372 g/mol. The fraction of sp³-hybridized carbons (Fsp3) is 0.136. The van der Waals surface area contributed by atoms with Crippen LogP contribution in [0.3, 0.4) is 0 Å². The Morgan fingerprint density at radius 2 is 1.57 bits per heavy atom. The molecule has 142 valence electrons. The summed E-state index contributed by atoms with van der Waals surface area (Å²) in [6.45, 7) is 0.500. The average molecular weight is 392 g/mol. The molecule has 0 unspecified atom stereocenters. The third-order valence-electron chi connectivity index (χ3n) is 4.74. The maximum Gasteiger partial charge on any atom is 0.255 e. The normalized spacial score (nSPS) is 15.4. The highest BCUT2D eigenvalue weighted by atomic mass is 32.2. The summed E-state index contributed by atoms with van der Waals surface area (Å²) >= 11 is 0. The second-order valence-electron chi connectivity index (χ2n) is 6.69. The van der Waals surface area contributed by atoms with E-state index < -0.39 is 10.0 Å². The van der Waals surface area contributed by atoms with E-state index >= 15 is 0 Å². The van der Waals surface area contributed by atoms with Crippen LogP contribution < -0.4 is 9.62 Å². The van der Waals surface area contributed by atoms with Crippen molar-refractivity contribution in [3.8, 4) is 11.1 Å². The van der Waals surface area contributed by atoms with E-state index in [4.69, 9.17) is 0 Å². The predicted octanol–water partition coefficient (Wildman–Crippen LogP) is 4.15. The number of rotatable bonds is 4. The summed E-state index contributed by atoms with van der Waals surface area (Å²) in [5.41, 5.74) is 3.83. The number of carbonyl (C=O) groups is 1. The number of sulfonamides is 1. The molecule has 5 nitrogen and oxygen atoms in total. The number of nitrogens with zero attached hydrogens (tertiary/aromatic N) is 1. The van der Waals surface area contributed by atoms with Crippen LogP contribution in [0.5, 0.6) is 0 Å². The number of benzene rings is 3. The molecule has 4 rings (SSSR count). The van der Waals surface area contributed by atoms with Crippen LogP contribution >= 0.6 is 0 Å². The van der Waals surface area contributed by atoms with E-state index in [1.807, 2.05) is 48.5 Å². The lowest BCUT2D eigenvalue weighted by molar-refractivity contribution is 0.102. The molecule has 1 aliphatic heterocycles. The molecule has 0 atom stereocenters. The lowest BCUT2D eigenvalue weighted by atomic mass is 10.0. The van der Waals surface area contributed by atoms with Crippen molar-refractivity contribution in [1.82, 2.24) is 0 Å². The van der Waals surface area contributed by atoms with Crippen molar-refractivity contribution in [1.29, 1.82) is 0 Å². The minimum absolute atomic E-state index is 0.184. The third-order valence-corrected chi connectivity index (χ3v) is 6.61. The Balaban J connectivity index is 1.50. The molecule has 0 aliphatic carbocycles. The summed E-state index contributed by atoms with van der Waals surface area (Å²) in [4.78, 5) is 12.6.